The highest BCUT2D eigenvalue weighted by Gasteiger charge is 2.03. The van der Waals surface area contributed by atoms with Gasteiger partial charge in [-0.05, 0) is 44.2 Å². The normalized spacial score (nSPS) is 12.4. The smallest absolute Gasteiger partial charge is 0.119 e. The number of hydrogen-bond donors (Lipinski definition) is 1. The maximum Gasteiger partial charge on any atom is 0.119 e. The first-order valence-electron chi connectivity index (χ1n) is 7.35. The lowest BCUT2D eigenvalue weighted by Crippen LogP contribution is -2.29. The van der Waals surface area contributed by atoms with E-state index in [1.807, 2.05) is 24.3 Å². The fraction of sp³-hybridized carbons (Fsp3) is 0.625. The Morgan fingerprint density at radius 3 is 2.47 bits per heavy atom. The number of ether oxygens (including phenoxy) is 1. The number of hydrogen-bond acceptors (Lipinski definition) is 2. The van der Waals surface area contributed by atoms with Crippen molar-refractivity contribution in [2.75, 3.05) is 13.1 Å². The van der Waals surface area contributed by atoms with Crippen LogP contribution in [-0.2, 0) is 0 Å². The Kier molecular flexibility index (Phi) is 8.68. The van der Waals surface area contributed by atoms with Crippen LogP contribution in [0, 0.1) is 0 Å². The van der Waals surface area contributed by atoms with Crippen molar-refractivity contribution in [1.29, 1.82) is 0 Å². The van der Waals surface area contributed by atoms with E-state index in [9.17, 15) is 0 Å². The van der Waals surface area contributed by atoms with Gasteiger partial charge < -0.3 is 10.1 Å². The molecular formula is C16H26ClNO. The van der Waals surface area contributed by atoms with E-state index in [0.717, 1.165) is 23.9 Å². The van der Waals surface area contributed by atoms with Gasteiger partial charge in [0.25, 0.3) is 0 Å². The first-order valence-corrected chi connectivity index (χ1v) is 7.73. The van der Waals surface area contributed by atoms with E-state index in [1.165, 1.54) is 32.1 Å². The van der Waals surface area contributed by atoms with Crippen LogP contribution in [0.4, 0.5) is 0 Å². The van der Waals surface area contributed by atoms with Crippen LogP contribution in [-0.4, -0.2) is 19.2 Å². The predicted octanol–water partition coefficient (Wildman–Crippen LogP) is 4.67. The molecule has 0 bridgehead atoms. The van der Waals surface area contributed by atoms with Crippen molar-refractivity contribution in [1.82, 2.24) is 5.32 Å². The third kappa shape index (κ3) is 8.12. The van der Waals surface area contributed by atoms with Gasteiger partial charge >= 0.3 is 0 Å². The van der Waals surface area contributed by atoms with Crippen LogP contribution in [0.1, 0.15) is 46.0 Å². The molecule has 1 atom stereocenters. The van der Waals surface area contributed by atoms with E-state index in [2.05, 4.69) is 19.2 Å². The van der Waals surface area contributed by atoms with Gasteiger partial charge in [-0.3, -0.25) is 0 Å². The van der Waals surface area contributed by atoms with Crippen LogP contribution in [0.25, 0.3) is 0 Å². The van der Waals surface area contributed by atoms with Gasteiger partial charge in [0.05, 0.1) is 0 Å². The zero-order chi connectivity index (χ0) is 13.9. The highest BCUT2D eigenvalue weighted by Crippen LogP contribution is 2.16. The van der Waals surface area contributed by atoms with E-state index < -0.39 is 0 Å². The first-order chi connectivity index (χ1) is 9.22. The number of benzene rings is 1. The molecule has 0 fully saturated rings. The van der Waals surface area contributed by atoms with Crippen LogP contribution in [0.5, 0.6) is 5.75 Å². The second kappa shape index (κ2) is 10.1. The Bertz CT molecular complexity index is 326. The summed E-state index contributed by atoms with van der Waals surface area (Å²) in [7, 11) is 0. The summed E-state index contributed by atoms with van der Waals surface area (Å²) < 4.78 is 5.79. The molecule has 1 N–H and O–H groups in total. The predicted molar refractivity (Wildman–Crippen MR) is 83.2 cm³/mol. The molecule has 1 aromatic rings. The standard InChI is InChI=1S/C16H26ClNO/c1-3-4-5-6-7-12-18-13-14(2)19-16-10-8-15(17)9-11-16/h8-11,14,18H,3-7,12-13H2,1-2H3. The molecule has 3 heteroatoms. The third-order valence-electron chi connectivity index (χ3n) is 3.04. The van der Waals surface area contributed by atoms with Crippen molar-refractivity contribution < 1.29 is 4.74 Å². The molecule has 2 nitrogen and oxygen atoms in total. The Labute approximate surface area is 122 Å². The fourth-order valence-electron chi connectivity index (χ4n) is 1.95. The lowest BCUT2D eigenvalue weighted by molar-refractivity contribution is 0.217. The summed E-state index contributed by atoms with van der Waals surface area (Å²) >= 11 is 5.83. The van der Waals surface area contributed by atoms with Crippen LogP contribution in [0.3, 0.4) is 0 Å². The Balaban J connectivity index is 2.04. The molecule has 0 aliphatic rings. The maximum atomic E-state index is 5.83. The summed E-state index contributed by atoms with van der Waals surface area (Å²) in [6.07, 6.45) is 6.78. The van der Waals surface area contributed by atoms with E-state index in [-0.39, 0.29) is 6.10 Å². The van der Waals surface area contributed by atoms with Crippen molar-refractivity contribution in [2.45, 2.75) is 52.1 Å². The average Bonchev–Trinajstić information content (AvgIpc) is 2.40. The van der Waals surface area contributed by atoms with Crippen molar-refractivity contribution in [3.63, 3.8) is 0 Å². The van der Waals surface area contributed by atoms with Gasteiger partial charge in [0.2, 0.25) is 0 Å². The summed E-state index contributed by atoms with van der Waals surface area (Å²) in [6.45, 7) is 6.29. The molecule has 0 aliphatic carbocycles. The Morgan fingerprint density at radius 2 is 1.79 bits per heavy atom. The summed E-state index contributed by atoms with van der Waals surface area (Å²) in [5.74, 6) is 0.877. The molecule has 1 unspecified atom stereocenters. The van der Waals surface area contributed by atoms with Crippen LogP contribution in [0.15, 0.2) is 24.3 Å². The lowest BCUT2D eigenvalue weighted by atomic mass is 10.1. The third-order valence-corrected chi connectivity index (χ3v) is 3.29. The maximum absolute atomic E-state index is 5.83. The minimum atomic E-state index is 0.178. The lowest BCUT2D eigenvalue weighted by Gasteiger charge is -2.15. The van der Waals surface area contributed by atoms with Crippen molar-refractivity contribution in [3.05, 3.63) is 29.3 Å². The van der Waals surface area contributed by atoms with Gasteiger partial charge in [0, 0.05) is 11.6 Å². The van der Waals surface area contributed by atoms with E-state index in [4.69, 9.17) is 16.3 Å². The fourth-order valence-corrected chi connectivity index (χ4v) is 2.07. The van der Waals surface area contributed by atoms with Gasteiger partial charge in [0.15, 0.2) is 0 Å². The SMILES string of the molecule is CCCCCCCNCC(C)Oc1ccc(Cl)cc1. The number of nitrogens with one attached hydrogen (secondary N) is 1. The number of rotatable bonds is 10. The van der Waals surface area contributed by atoms with Gasteiger partial charge in [0.1, 0.15) is 11.9 Å². The molecule has 0 heterocycles. The molecule has 0 aromatic heterocycles. The molecule has 0 spiro atoms. The number of halogens is 1. The monoisotopic (exact) mass is 283 g/mol. The van der Waals surface area contributed by atoms with Crippen LogP contribution in [0.2, 0.25) is 5.02 Å². The van der Waals surface area contributed by atoms with Crippen LogP contribution >= 0.6 is 11.6 Å². The van der Waals surface area contributed by atoms with Gasteiger partial charge in [-0.25, -0.2) is 0 Å². The zero-order valence-electron chi connectivity index (χ0n) is 12.1. The zero-order valence-corrected chi connectivity index (χ0v) is 12.9. The molecule has 0 radical (unpaired) electrons. The van der Waals surface area contributed by atoms with Crippen molar-refractivity contribution >= 4 is 11.6 Å². The molecule has 0 aliphatic heterocycles. The molecular weight excluding hydrogens is 258 g/mol. The van der Waals surface area contributed by atoms with Crippen molar-refractivity contribution in [2.24, 2.45) is 0 Å². The van der Waals surface area contributed by atoms with Gasteiger partial charge in [-0.1, -0.05) is 44.2 Å². The van der Waals surface area contributed by atoms with Gasteiger partial charge in [-0.15, -0.1) is 0 Å². The highest BCUT2D eigenvalue weighted by atomic mass is 35.5. The quantitative estimate of drug-likeness (QED) is 0.630. The van der Waals surface area contributed by atoms with E-state index in [0.29, 0.717) is 0 Å². The summed E-state index contributed by atoms with van der Waals surface area (Å²) in [4.78, 5) is 0. The molecule has 1 aromatic carbocycles. The molecule has 1 rings (SSSR count). The summed E-state index contributed by atoms with van der Waals surface area (Å²) in [6, 6.07) is 7.52. The largest absolute Gasteiger partial charge is 0.489 e. The second-order valence-electron chi connectivity index (χ2n) is 5.00. The molecule has 0 saturated heterocycles. The highest BCUT2D eigenvalue weighted by molar-refractivity contribution is 6.30. The topological polar surface area (TPSA) is 21.3 Å². The average molecular weight is 284 g/mol. The van der Waals surface area contributed by atoms with E-state index >= 15 is 0 Å². The van der Waals surface area contributed by atoms with Crippen molar-refractivity contribution in [3.8, 4) is 5.75 Å². The number of unbranched alkanes of at least 4 members (excludes halogenated alkanes) is 4. The minimum absolute atomic E-state index is 0.178. The molecule has 108 valence electrons. The Hall–Kier alpha value is -0.730. The minimum Gasteiger partial charge on any atom is -0.489 e. The molecule has 0 saturated carbocycles. The summed E-state index contributed by atoms with van der Waals surface area (Å²) in [5.41, 5.74) is 0. The Morgan fingerprint density at radius 1 is 1.11 bits per heavy atom. The first kappa shape index (κ1) is 16.3. The summed E-state index contributed by atoms with van der Waals surface area (Å²) in [5, 5.41) is 4.18. The molecule has 19 heavy (non-hydrogen) atoms. The van der Waals surface area contributed by atoms with Gasteiger partial charge in [-0.2, -0.15) is 0 Å². The van der Waals surface area contributed by atoms with E-state index in [1.54, 1.807) is 0 Å². The molecule has 0 amide bonds. The second-order valence-corrected chi connectivity index (χ2v) is 5.44. The van der Waals surface area contributed by atoms with Crippen LogP contribution < -0.4 is 10.1 Å².